The lowest BCUT2D eigenvalue weighted by atomic mass is 10.0. The Bertz CT molecular complexity index is 1130. The summed E-state index contributed by atoms with van der Waals surface area (Å²) in [5.74, 6) is 1.10. The van der Waals surface area contributed by atoms with Crippen molar-refractivity contribution in [3.8, 4) is 10.7 Å². The predicted molar refractivity (Wildman–Crippen MR) is 122 cm³/mol. The molecule has 2 heterocycles. The van der Waals surface area contributed by atoms with Crippen molar-refractivity contribution >= 4 is 22.9 Å². The molecule has 0 aliphatic rings. The highest BCUT2D eigenvalue weighted by molar-refractivity contribution is 7.13. The fraction of sp³-hybridized carbons (Fsp3) is 0.208. The van der Waals surface area contributed by atoms with E-state index in [4.69, 9.17) is 4.52 Å². The van der Waals surface area contributed by atoms with Crippen LogP contribution in [0.1, 0.15) is 36.9 Å². The summed E-state index contributed by atoms with van der Waals surface area (Å²) in [5.41, 5.74) is 3.08. The van der Waals surface area contributed by atoms with E-state index in [0.29, 0.717) is 18.3 Å². The third kappa shape index (κ3) is 5.45. The van der Waals surface area contributed by atoms with Crippen LogP contribution in [0.5, 0.6) is 0 Å². The van der Waals surface area contributed by atoms with Crippen molar-refractivity contribution in [2.75, 3.05) is 5.32 Å². The molecule has 0 fully saturated rings. The van der Waals surface area contributed by atoms with Crippen LogP contribution in [-0.2, 0) is 17.9 Å². The summed E-state index contributed by atoms with van der Waals surface area (Å²) in [6.45, 7) is 4.90. The topological polar surface area (TPSA) is 71.3 Å². The van der Waals surface area contributed by atoms with E-state index in [9.17, 15) is 4.79 Å². The molecule has 31 heavy (non-hydrogen) atoms. The van der Waals surface area contributed by atoms with Crippen LogP contribution in [0.2, 0.25) is 0 Å². The molecule has 1 unspecified atom stereocenters. The van der Waals surface area contributed by atoms with Gasteiger partial charge in [-0.05, 0) is 41.6 Å². The number of hydrogen-bond donors (Lipinski definition) is 1. The van der Waals surface area contributed by atoms with Gasteiger partial charge >= 0.3 is 0 Å². The second-order valence-electron chi connectivity index (χ2n) is 7.36. The maximum atomic E-state index is 11.5. The van der Waals surface area contributed by atoms with E-state index in [0.717, 1.165) is 22.7 Å². The second-order valence-corrected chi connectivity index (χ2v) is 8.31. The zero-order valence-corrected chi connectivity index (χ0v) is 18.3. The van der Waals surface area contributed by atoms with Crippen LogP contribution in [0.15, 0.2) is 76.6 Å². The Hall–Kier alpha value is -3.29. The molecule has 0 radical (unpaired) electrons. The number of aromatic nitrogens is 2. The van der Waals surface area contributed by atoms with E-state index < -0.39 is 0 Å². The van der Waals surface area contributed by atoms with Crippen molar-refractivity contribution in [1.29, 1.82) is 0 Å². The maximum absolute atomic E-state index is 11.5. The van der Waals surface area contributed by atoms with E-state index in [1.807, 2.05) is 53.9 Å². The average molecular weight is 433 g/mol. The van der Waals surface area contributed by atoms with Crippen molar-refractivity contribution < 1.29 is 9.32 Å². The molecule has 0 aliphatic carbocycles. The molecule has 7 heteroatoms. The van der Waals surface area contributed by atoms with Crippen LogP contribution < -0.4 is 5.32 Å². The minimum absolute atomic E-state index is 0.0611. The second kappa shape index (κ2) is 9.68. The van der Waals surface area contributed by atoms with Gasteiger partial charge in [0.25, 0.3) is 0 Å². The summed E-state index contributed by atoms with van der Waals surface area (Å²) in [7, 11) is 0. The largest absolute Gasteiger partial charge is 0.338 e. The molecule has 6 nitrogen and oxygen atoms in total. The van der Waals surface area contributed by atoms with Gasteiger partial charge in [-0.3, -0.25) is 9.69 Å². The van der Waals surface area contributed by atoms with E-state index in [2.05, 4.69) is 45.5 Å². The molecule has 0 bridgehead atoms. The van der Waals surface area contributed by atoms with Gasteiger partial charge in [0.1, 0.15) is 0 Å². The Morgan fingerprint density at radius 2 is 1.94 bits per heavy atom. The Kier molecular flexibility index (Phi) is 6.54. The number of benzene rings is 2. The van der Waals surface area contributed by atoms with Crippen molar-refractivity contribution in [2.24, 2.45) is 0 Å². The summed E-state index contributed by atoms with van der Waals surface area (Å²) >= 11 is 1.59. The monoisotopic (exact) mass is 432 g/mol. The molecule has 2 aromatic heterocycles. The Balaban J connectivity index is 1.59. The number of hydrogen-bond acceptors (Lipinski definition) is 6. The van der Waals surface area contributed by atoms with Crippen LogP contribution in [0.4, 0.5) is 5.69 Å². The third-order valence-electron chi connectivity index (χ3n) is 5.01. The Morgan fingerprint density at radius 1 is 1.10 bits per heavy atom. The number of amides is 1. The molecule has 4 aromatic rings. The van der Waals surface area contributed by atoms with Gasteiger partial charge < -0.3 is 9.84 Å². The van der Waals surface area contributed by atoms with Crippen molar-refractivity contribution in [3.05, 3.63) is 89.1 Å². The molecular formula is C24H24N4O2S. The highest BCUT2D eigenvalue weighted by atomic mass is 32.1. The predicted octanol–water partition coefficient (Wildman–Crippen LogP) is 5.52. The number of thiophene rings is 1. The third-order valence-corrected chi connectivity index (χ3v) is 5.88. The molecule has 0 saturated carbocycles. The van der Waals surface area contributed by atoms with Gasteiger partial charge in [-0.1, -0.05) is 53.7 Å². The minimum Gasteiger partial charge on any atom is -0.338 e. The summed E-state index contributed by atoms with van der Waals surface area (Å²) < 4.78 is 5.57. The lowest BCUT2D eigenvalue weighted by Crippen LogP contribution is -2.26. The first-order valence-electron chi connectivity index (χ1n) is 10.1. The summed E-state index contributed by atoms with van der Waals surface area (Å²) in [6.07, 6.45) is 0. The zero-order chi connectivity index (χ0) is 21.6. The lowest BCUT2D eigenvalue weighted by Gasteiger charge is -2.28. The maximum Gasteiger partial charge on any atom is 0.241 e. The number of rotatable bonds is 8. The fourth-order valence-electron chi connectivity index (χ4n) is 3.44. The number of nitrogens with one attached hydrogen (secondary N) is 1. The first kappa shape index (κ1) is 21.0. The normalized spacial score (nSPS) is 12.1. The standard InChI is InChI=1S/C24H24N4O2S/c1-17(20-10-6-11-21(14-20)25-18(2)29)28(15-19-8-4-3-5-9-19)16-23-26-24(27-30-23)22-12-7-13-31-22/h3-14,17H,15-16H2,1-2H3,(H,25,29). The molecule has 1 amide bonds. The average Bonchev–Trinajstić information content (AvgIpc) is 3.45. The first-order valence-corrected chi connectivity index (χ1v) is 11.0. The lowest BCUT2D eigenvalue weighted by molar-refractivity contribution is -0.114. The molecule has 2 aromatic carbocycles. The molecule has 4 rings (SSSR count). The summed E-state index contributed by atoms with van der Waals surface area (Å²) in [4.78, 5) is 19.3. The zero-order valence-electron chi connectivity index (χ0n) is 17.5. The highest BCUT2D eigenvalue weighted by Gasteiger charge is 2.21. The minimum atomic E-state index is -0.0853. The van der Waals surface area contributed by atoms with Gasteiger partial charge in [-0.15, -0.1) is 11.3 Å². The number of anilines is 1. The van der Waals surface area contributed by atoms with Gasteiger partial charge in [0.2, 0.25) is 17.6 Å². The van der Waals surface area contributed by atoms with Gasteiger partial charge in [0.15, 0.2) is 0 Å². The smallest absolute Gasteiger partial charge is 0.241 e. The molecule has 0 saturated heterocycles. The number of nitrogens with zero attached hydrogens (tertiary/aromatic N) is 3. The molecule has 1 N–H and O–H groups in total. The molecular weight excluding hydrogens is 408 g/mol. The number of carbonyl (C=O) groups excluding carboxylic acids is 1. The Morgan fingerprint density at radius 3 is 2.68 bits per heavy atom. The Labute approximate surface area is 185 Å². The molecule has 1 atom stereocenters. The van der Waals surface area contributed by atoms with Crippen LogP contribution in [0, 0.1) is 0 Å². The highest BCUT2D eigenvalue weighted by Crippen LogP contribution is 2.27. The van der Waals surface area contributed by atoms with Gasteiger partial charge in [0, 0.05) is 25.2 Å². The van der Waals surface area contributed by atoms with Crippen LogP contribution in [0.3, 0.4) is 0 Å². The van der Waals surface area contributed by atoms with E-state index in [1.54, 1.807) is 11.3 Å². The van der Waals surface area contributed by atoms with Crippen molar-refractivity contribution in [1.82, 2.24) is 15.0 Å². The molecule has 0 aliphatic heterocycles. The first-order chi connectivity index (χ1) is 15.1. The van der Waals surface area contributed by atoms with Gasteiger partial charge in [-0.2, -0.15) is 4.98 Å². The summed E-state index contributed by atoms with van der Waals surface area (Å²) in [5, 5.41) is 9.01. The molecule has 0 spiro atoms. The summed E-state index contributed by atoms with van der Waals surface area (Å²) in [6, 6.07) is 22.3. The quantitative estimate of drug-likeness (QED) is 0.397. The van der Waals surface area contributed by atoms with Gasteiger partial charge in [0.05, 0.1) is 11.4 Å². The van der Waals surface area contributed by atoms with E-state index in [1.165, 1.54) is 12.5 Å². The number of carbonyl (C=O) groups is 1. The van der Waals surface area contributed by atoms with Crippen LogP contribution >= 0.6 is 11.3 Å². The molecule has 158 valence electrons. The van der Waals surface area contributed by atoms with Crippen LogP contribution in [-0.4, -0.2) is 20.9 Å². The SMILES string of the molecule is CC(=O)Nc1cccc(C(C)N(Cc2ccccc2)Cc2nc(-c3cccs3)no2)c1. The van der Waals surface area contributed by atoms with Crippen molar-refractivity contribution in [2.45, 2.75) is 33.0 Å². The van der Waals surface area contributed by atoms with E-state index >= 15 is 0 Å². The van der Waals surface area contributed by atoms with Crippen molar-refractivity contribution in [3.63, 3.8) is 0 Å². The van der Waals surface area contributed by atoms with E-state index in [-0.39, 0.29) is 11.9 Å². The fourth-order valence-corrected chi connectivity index (χ4v) is 4.09. The van der Waals surface area contributed by atoms with Gasteiger partial charge in [-0.25, -0.2) is 0 Å². The van der Waals surface area contributed by atoms with Crippen LogP contribution in [0.25, 0.3) is 10.7 Å².